The minimum atomic E-state index is -3.83. The van der Waals surface area contributed by atoms with E-state index in [1.807, 2.05) is 44.2 Å². The quantitative estimate of drug-likeness (QED) is 0.697. The second-order valence-electron chi connectivity index (χ2n) is 6.93. The van der Waals surface area contributed by atoms with Crippen molar-refractivity contribution in [2.24, 2.45) is 0 Å². The van der Waals surface area contributed by atoms with E-state index in [2.05, 4.69) is 5.32 Å². The van der Waals surface area contributed by atoms with E-state index in [9.17, 15) is 13.2 Å². The first-order chi connectivity index (χ1) is 13.2. The van der Waals surface area contributed by atoms with Crippen LogP contribution in [0, 0.1) is 6.92 Å². The van der Waals surface area contributed by atoms with Crippen molar-refractivity contribution >= 4 is 15.9 Å². The normalized spacial score (nSPS) is 11.6. The largest absolute Gasteiger partial charge is 0.496 e. The number of benzene rings is 2. The number of methoxy groups -OCH3 is 1. The van der Waals surface area contributed by atoms with Gasteiger partial charge in [-0.25, -0.2) is 8.42 Å². The van der Waals surface area contributed by atoms with E-state index in [-0.39, 0.29) is 29.9 Å². The molecule has 0 radical (unpaired) electrons. The average Bonchev–Trinajstić information content (AvgIpc) is 2.65. The number of nitrogens with one attached hydrogen (secondary N) is 1. The smallest absolute Gasteiger partial charge is 0.243 e. The number of rotatable bonds is 9. The minimum Gasteiger partial charge on any atom is -0.496 e. The van der Waals surface area contributed by atoms with E-state index in [4.69, 9.17) is 4.74 Å². The van der Waals surface area contributed by atoms with Crippen LogP contribution >= 0.6 is 0 Å². The molecule has 0 atom stereocenters. The van der Waals surface area contributed by atoms with Crippen LogP contribution < -0.4 is 10.1 Å². The number of carbonyl (C=O) groups excluding carboxylic acids is 1. The first-order valence-corrected chi connectivity index (χ1v) is 10.7. The number of aryl methyl sites for hydroxylation is 1. The van der Waals surface area contributed by atoms with Gasteiger partial charge in [0.15, 0.2) is 0 Å². The summed E-state index contributed by atoms with van der Waals surface area (Å²) in [6, 6.07) is 14.3. The Kier molecular flexibility index (Phi) is 7.60. The van der Waals surface area contributed by atoms with Crippen molar-refractivity contribution in [2.45, 2.75) is 38.1 Å². The molecular formula is C21H28N2O4S. The lowest BCUT2D eigenvalue weighted by molar-refractivity contribution is -0.121. The van der Waals surface area contributed by atoms with Gasteiger partial charge in [0.1, 0.15) is 5.75 Å². The number of sulfonamides is 1. The Hall–Kier alpha value is -2.38. The maximum atomic E-state index is 13.2. The fourth-order valence-electron chi connectivity index (χ4n) is 2.87. The van der Waals surface area contributed by atoms with Crippen LogP contribution in [0.2, 0.25) is 0 Å². The van der Waals surface area contributed by atoms with Gasteiger partial charge in [0.2, 0.25) is 15.9 Å². The molecular weight excluding hydrogens is 376 g/mol. The Morgan fingerprint density at radius 1 is 1.14 bits per heavy atom. The van der Waals surface area contributed by atoms with Crippen molar-refractivity contribution < 1.29 is 17.9 Å². The molecule has 6 nitrogen and oxygen atoms in total. The van der Waals surface area contributed by atoms with Crippen LogP contribution in [0.15, 0.2) is 53.4 Å². The molecule has 0 spiro atoms. The molecule has 1 amide bonds. The molecule has 0 saturated carbocycles. The summed E-state index contributed by atoms with van der Waals surface area (Å²) in [5, 5.41) is 2.76. The average molecular weight is 405 g/mol. The molecule has 0 unspecified atom stereocenters. The predicted molar refractivity (Wildman–Crippen MR) is 110 cm³/mol. The summed E-state index contributed by atoms with van der Waals surface area (Å²) in [7, 11) is -2.29. The number of ether oxygens (including phenoxy) is 1. The van der Waals surface area contributed by atoms with Gasteiger partial charge in [-0.3, -0.25) is 4.79 Å². The molecule has 1 N–H and O–H groups in total. The lowest BCUT2D eigenvalue weighted by Crippen LogP contribution is -2.43. The van der Waals surface area contributed by atoms with Crippen LogP contribution in [-0.4, -0.2) is 44.9 Å². The zero-order valence-electron chi connectivity index (χ0n) is 16.8. The van der Waals surface area contributed by atoms with Crippen LogP contribution in [0.25, 0.3) is 0 Å². The number of carbonyl (C=O) groups is 1. The molecule has 0 aliphatic carbocycles. The Bertz CT molecular complexity index is 896. The first-order valence-electron chi connectivity index (χ1n) is 9.22. The monoisotopic (exact) mass is 404 g/mol. The third-order valence-corrected chi connectivity index (χ3v) is 6.11. The van der Waals surface area contributed by atoms with Gasteiger partial charge in [-0.1, -0.05) is 30.3 Å². The van der Waals surface area contributed by atoms with Crippen molar-refractivity contribution in [1.82, 2.24) is 9.62 Å². The molecule has 2 aromatic rings. The molecule has 0 fully saturated rings. The molecule has 0 bridgehead atoms. The number of amides is 1. The zero-order valence-corrected chi connectivity index (χ0v) is 17.6. The lowest BCUT2D eigenvalue weighted by atomic mass is 10.1. The second kappa shape index (κ2) is 9.71. The van der Waals surface area contributed by atoms with Crippen LogP contribution in [0.1, 0.15) is 25.0 Å². The van der Waals surface area contributed by atoms with Gasteiger partial charge in [0.05, 0.1) is 18.6 Å². The van der Waals surface area contributed by atoms with E-state index in [1.165, 1.54) is 10.4 Å². The van der Waals surface area contributed by atoms with E-state index >= 15 is 0 Å². The van der Waals surface area contributed by atoms with E-state index in [0.717, 1.165) is 11.1 Å². The van der Waals surface area contributed by atoms with Gasteiger partial charge in [0.25, 0.3) is 0 Å². The van der Waals surface area contributed by atoms with Crippen LogP contribution in [-0.2, 0) is 21.2 Å². The summed E-state index contributed by atoms with van der Waals surface area (Å²) in [5.41, 5.74) is 1.73. The Morgan fingerprint density at radius 2 is 1.82 bits per heavy atom. The van der Waals surface area contributed by atoms with Gasteiger partial charge in [0, 0.05) is 12.6 Å². The highest BCUT2D eigenvalue weighted by atomic mass is 32.2. The van der Waals surface area contributed by atoms with E-state index in [1.54, 1.807) is 26.2 Å². The summed E-state index contributed by atoms with van der Waals surface area (Å²) in [5.74, 6) is 0.296. The standard InChI is InChI=1S/C21H28N2O4S/c1-16(2)22-21(24)15-23(13-12-18-8-6-5-7-9-18)28(25,26)19-10-11-20(27-4)17(3)14-19/h5-11,14,16H,12-13,15H2,1-4H3,(H,22,24). The fraction of sp³-hybridized carbons (Fsp3) is 0.381. The SMILES string of the molecule is COc1ccc(S(=O)(=O)N(CCc2ccccc2)CC(=O)NC(C)C)cc1C. The summed E-state index contributed by atoms with van der Waals surface area (Å²) >= 11 is 0. The molecule has 2 rings (SSSR count). The molecule has 152 valence electrons. The van der Waals surface area contributed by atoms with Gasteiger partial charge in [-0.05, 0) is 56.5 Å². The summed E-state index contributed by atoms with van der Waals surface area (Å²) in [6.07, 6.45) is 0.518. The lowest BCUT2D eigenvalue weighted by Gasteiger charge is -2.23. The van der Waals surface area contributed by atoms with Crippen molar-refractivity contribution in [3.05, 3.63) is 59.7 Å². The van der Waals surface area contributed by atoms with E-state index in [0.29, 0.717) is 12.2 Å². The Morgan fingerprint density at radius 3 is 2.39 bits per heavy atom. The van der Waals surface area contributed by atoms with Crippen LogP contribution in [0.3, 0.4) is 0 Å². The maximum Gasteiger partial charge on any atom is 0.243 e. The van der Waals surface area contributed by atoms with Crippen molar-refractivity contribution in [3.63, 3.8) is 0 Å². The van der Waals surface area contributed by atoms with Gasteiger partial charge >= 0.3 is 0 Å². The van der Waals surface area contributed by atoms with Gasteiger partial charge in [-0.15, -0.1) is 0 Å². The molecule has 0 aliphatic rings. The van der Waals surface area contributed by atoms with E-state index < -0.39 is 10.0 Å². The highest BCUT2D eigenvalue weighted by Gasteiger charge is 2.27. The second-order valence-corrected chi connectivity index (χ2v) is 8.87. The number of hydrogen-bond donors (Lipinski definition) is 1. The fourth-order valence-corrected chi connectivity index (χ4v) is 4.35. The van der Waals surface area contributed by atoms with Crippen molar-refractivity contribution in [1.29, 1.82) is 0 Å². The Labute approximate surface area is 167 Å². The topological polar surface area (TPSA) is 75.7 Å². The molecule has 28 heavy (non-hydrogen) atoms. The molecule has 7 heteroatoms. The third kappa shape index (κ3) is 5.81. The number of hydrogen-bond acceptors (Lipinski definition) is 4. The summed E-state index contributed by atoms with van der Waals surface area (Å²) in [4.78, 5) is 12.4. The highest BCUT2D eigenvalue weighted by molar-refractivity contribution is 7.89. The van der Waals surface area contributed by atoms with Crippen molar-refractivity contribution in [2.75, 3.05) is 20.2 Å². The molecule has 0 saturated heterocycles. The van der Waals surface area contributed by atoms with Gasteiger partial charge < -0.3 is 10.1 Å². The first kappa shape index (κ1) is 21.9. The van der Waals surface area contributed by atoms with Gasteiger partial charge in [-0.2, -0.15) is 4.31 Å². The highest BCUT2D eigenvalue weighted by Crippen LogP contribution is 2.24. The number of nitrogens with zero attached hydrogens (tertiary/aromatic N) is 1. The predicted octanol–water partition coefficient (Wildman–Crippen LogP) is 2.76. The molecule has 0 aromatic heterocycles. The summed E-state index contributed by atoms with van der Waals surface area (Å²) < 4.78 is 32.9. The zero-order chi connectivity index (χ0) is 20.7. The molecule has 0 aliphatic heterocycles. The minimum absolute atomic E-state index is 0.0607. The van der Waals surface area contributed by atoms with Crippen LogP contribution in [0.5, 0.6) is 5.75 Å². The molecule has 0 heterocycles. The Balaban J connectivity index is 2.29. The summed E-state index contributed by atoms with van der Waals surface area (Å²) in [6.45, 7) is 5.46. The van der Waals surface area contributed by atoms with Crippen LogP contribution in [0.4, 0.5) is 0 Å². The maximum absolute atomic E-state index is 13.2. The molecule has 2 aromatic carbocycles. The van der Waals surface area contributed by atoms with Crippen molar-refractivity contribution in [3.8, 4) is 5.75 Å². The third-order valence-electron chi connectivity index (χ3n) is 4.27.